The summed E-state index contributed by atoms with van der Waals surface area (Å²) in [6.07, 6.45) is 3.41. The fourth-order valence-electron chi connectivity index (χ4n) is 2.87. The summed E-state index contributed by atoms with van der Waals surface area (Å²) in [5.41, 5.74) is 6.90. The Morgan fingerprint density at radius 1 is 1.45 bits per heavy atom. The number of hydrogen-bond acceptors (Lipinski definition) is 3. The number of fused-ring (bicyclic) bond motifs is 1. The van der Waals surface area contributed by atoms with Crippen LogP contribution < -0.4 is 20.7 Å². The Hall–Kier alpha value is -1.98. The average molecular weight is 309 g/mol. The van der Waals surface area contributed by atoms with E-state index in [2.05, 4.69) is 16.0 Å². The minimum Gasteiger partial charge on any atom is -0.487 e. The zero-order valence-corrected chi connectivity index (χ0v) is 13.2. The van der Waals surface area contributed by atoms with Crippen LogP contribution in [0.1, 0.15) is 32.3 Å². The summed E-state index contributed by atoms with van der Waals surface area (Å²) >= 11 is 0. The SMILES string of the molecule is CC1Cc2c(N3CCCC3)ccc(F)c2O1.CCNC(N)=O. The maximum absolute atomic E-state index is 13.6. The van der Waals surface area contributed by atoms with E-state index >= 15 is 0 Å². The molecule has 0 bridgehead atoms. The molecular weight excluding hydrogens is 285 g/mol. The van der Waals surface area contributed by atoms with E-state index < -0.39 is 6.03 Å². The van der Waals surface area contributed by atoms with Crippen molar-refractivity contribution in [3.63, 3.8) is 0 Å². The summed E-state index contributed by atoms with van der Waals surface area (Å²) in [7, 11) is 0. The molecule has 0 aliphatic carbocycles. The van der Waals surface area contributed by atoms with Crippen molar-refractivity contribution in [2.75, 3.05) is 24.5 Å². The van der Waals surface area contributed by atoms with E-state index in [9.17, 15) is 9.18 Å². The Morgan fingerprint density at radius 2 is 2.14 bits per heavy atom. The van der Waals surface area contributed by atoms with Gasteiger partial charge in [0.1, 0.15) is 6.10 Å². The fourth-order valence-corrected chi connectivity index (χ4v) is 2.87. The molecule has 2 amide bonds. The van der Waals surface area contributed by atoms with Crippen molar-refractivity contribution in [2.45, 2.75) is 39.2 Å². The Kier molecular flexibility index (Phi) is 5.46. The highest BCUT2D eigenvalue weighted by Gasteiger charge is 2.28. The van der Waals surface area contributed by atoms with E-state index in [1.54, 1.807) is 0 Å². The van der Waals surface area contributed by atoms with Crippen molar-refractivity contribution in [3.8, 4) is 5.75 Å². The van der Waals surface area contributed by atoms with Gasteiger partial charge in [-0.05, 0) is 38.8 Å². The first-order valence-electron chi connectivity index (χ1n) is 7.79. The lowest BCUT2D eigenvalue weighted by Crippen LogP contribution is -2.28. The standard InChI is InChI=1S/C13H16FNO.C3H8N2O/c1-9-8-10-12(15-6-2-3-7-15)5-4-11(14)13(10)16-9;1-2-5-3(4)6/h4-5,9H,2-3,6-8H2,1H3;2H2,1H3,(H3,4,5,6). The van der Waals surface area contributed by atoms with Gasteiger partial charge < -0.3 is 20.7 Å². The van der Waals surface area contributed by atoms with Crippen LogP contribution in [0.15, 0.2) is 12.1 Å². The number of nitrogens with zero attached hydrogens (tertiary/aromatic N) is 1. The third kappa shape index (κ3) is 3.81. The Balaban J connectivity index is 0.000000254. The van der Waals surface area contributed by atoms with Gasteiger partial charge in [-0.2, -0.15) is 0 Å². The molecule has 1 fully saturated rings. The number of carbonyl (C=O) groups excluding carboxylic acids is 1. The van der Waals surface area contributed by atoms with Gasteiger partial charge in [-0.25, -0.2) is 9.18 Å². The summed E-state index contributed by atoms with van der Waals surface area (Å²) in [6, 6.07) is 2.98. The second-order valence-electron chi connectivity index (χ2n) is 5.60. The van der Waals surface area contributed by atoms with Crippen LogP contribution in [0.25, 0.3) is 0 Å². The molecule has 0 saturated carbocycles. The highest BCUT2D eigenvalue weighted by Crippen LogP contribution is 2.39. The maximum atomic E-state index is 13.6. The van der Waals surface area contributed by atoms with Gasteiger partial charge in [-0.1, -0.05) is 0 Å². The van der Waals surface area contributed by atoms with Crippen LogP contribution in [-0.2, 0) is 6.42 Å². The van der Waals surface area contributed by atoms with Crippen LogP contribution in [0.3, 0.4) is 0 Å². The number of benzene rings is 1. The molecule has 0 radical (unpaired) electrons. The summed E-state index contributed by atoms with van der Waals surface area (Å²) in [5, 5.41) is 2.35. The van der Waals surface area contributed by atoms with Crippen molar-refractivity contribution in [3.05, 3.63) is 23.5 Å². The second kappa shape index (κ2) is 7.33. The normalized spacial score (nSPS) is 19.0. The molecule has 1 aromatic carbocycles. The van der Waals surface area contributed by atoms with E-state index in [1.807, 2.05) is 19.9 Å². The van der Waals surface area contributed by atoms with Gasteiger partial charge in [-0.15, -0.1) is 0 Å². The number of primary amides is 1. The lowest BCUT2D eigenvalue weighted by Gasteiger charge is -2.20. The number of ether oxygens (including phenoxy) is 1. The fraction of sp³-hybridized carbons (Fsp3) is 0.562. The van der Waals surface area contributed by atoms with Crippen LogP contribution in [0, 0.1) is 5.82 Å². The van der Waals surface area contributed by atoms with E-state index in [-0.39, 0.29) is 11.9 Å². The van der Waals surface area contributed by atoms with Crippen molar-refractivity contribution in [2.24, 2.45) is 5.73 Å². The molecule has 2 aliphatic rings. The molecule has 2 aliphatic heterocycles. The lowest BCUT2D eigenvalue weighted by molar-refractivity contribution is 0.245. The number of urea groups is 1. The number of nitrogens with two attached hydrogens (primary N) is 1. The van der Waals surface area contributed by atoms with Gasteiger partial charge in [0.2, 0.25) is 0 Å². The van der Waals surface area contributed by atoms with Crippen molar-refractivity contribution in [1.29, 1.82) is 0 Å². The number of hydrogen-bond donors (Lipinski definition) is 2. The molecule has 1 saturated heterocycles. The van der Waals surface area contributed by atoms with Gasteiger partial charge in [-0.3, -0.25) is 0 Å². The summed E-state index contributed by atoms with van der Waals surface area (Å²) < 4.78 is 19.1. The quantitative estimate of drug-likeness (QED) is 0.881. The average Bonchev–Trinajstić information content (AvgIpc) is 3.09. The minimum atomic E-state index is -0.461. The molecule has 22 heavy (non-hydrogen) atoms. The monoisotopic (exact) mass is 309 g/mol. The maximum Gasteiger partial charge on any atom is 0.312 e. The number of amides is 2. The second-order valence-corrected chi connectivity index (χ2v) is 5.60. The van der Waals surface area contributed by atoms with Crippen molar-refractivity contribution >= 4 is 11.7 Å². The van der Waals surface area contributed by atoms with Gasteiger partial charge >= 0.3 is 6.03 Å². The van der Waals surface area contributed by atoms with Crippen LogP contribution in [0.5, 0.6) is 5.75 Å². The third-order valence-corrected chi connectivity index (χ3v) is 3.80. The van der Waals surface area contributed by atoms with Crippen molar-refractivity contribution < 1.29 is 13.9 Å². The number of rotatable bonds is 2. The van der Waals surface area contributed by atoms with E-state index in [4.69, 9.17) is 4.74 Å². The van der Waals surface area contributed by atoms with Gasteiger partial charge in [0.15, 0.2) is 11.6 Å². The van der Waals surface area contributed by atoms with Crippen LogP contribution in [-0.4, -0.2) is 31.8 Å². The molecule has 1 unspecified atom stereocenters. The van der Waals surface area contributed by atoms with Crippen LogP contribution in [0.4, 0.5) is 14.9 Å². The van der Waals surface area contributed by atoms with Crippen LogP contribution in [0.2, 0.25) is 0 Å². The highest BCUT2D eigenvalue weighted by molar-refractivity contribution is 5.71. The summed E-state index contributed by atoms with van der Waals surface area (Å²) in [6.45, 7) is 6.59. The van der Waals surface area contributed by atoms with E-state index in [1.165, 1.54) is 24.6 Å². The molecule has 0 aromatic heterocycles. The number of anilines is 1. The van der Waals surface area contributed by atoms with Gasteiger partial charge in [0.05, 0.1) is 0 Å². The third-order valence-electron chi connectivity index (χ3n) is 3.80. The summed E-state index contributed by atoms with van der Waals surface area (Å²) in [4.78, 5) is 12.1. The topological polar surface area (TPSA) is 67.6 Å². The van der Waals surface area contributed by atoms with Gasteiger partial charge in [0, 0.05) is 37.3 Å². The molecule has 3 N–H and O–H groups in total. The first kappa shape index (κ1) is 16.4. The lowest BCUT2D eigenvalue weighted by atomic mass is 10.1. The smallest absolute Gasteiger partial charge is 0.312 e. The van der Waals surface area contributed by atoms with Crippen LogP contribution >= 0.6 is 0 Å². The molecule has 3 rings (SSSR count). The first-order valence-corrected chi connectivity index (χ1v) is 7.79. The molecule has 0 spiro atoms. The first-order chi connectivity index (χ1) is 10.5. The number of halogens is 1. The Bertz CT molecular complexity index is 530. The number of nitrogens with one attached hydrogen (secondary N) is 1. The molecular formula is C16H24FN3O2. The highest BCUT2D eigenvalue weighted by atomic mass is 19.1. The largest absolute Gasteiger partial charge is 0.487 e. The van der Waals surface area contributed by atoms with Crippen molar-refractivity contribution in [1.82, 2.24) is 5.32 Å². The van der Waals surface area contributed by atoms with E-state index in [0.29, 0.717) is 12.3 Å². The molecule has 5 nitrogen and oxygen atoms in total. The van der Waals surface area contributed by atoms with E-state index in [0.717, 1.165) is 25.1 Å². The molecule has 122 valence electrons. The number of carbonyl (C=O) groups is 1. The Morgan fingerprint density at radius 3 is 2.68 bits per heavy atom. The zero-order chi connectivity index (χ0) is 16.1. The van der Waals surface area contributed by atoms with Gasteiger partial charge in [0.25, 0.3) is 0 Å². The minimum absolute atomic E-state index is 0.105. The molecule has 1 aromatic rings. The predicted molar refractivity (Wildman–Crippen MR) is 84.9 cm³/mol. The summed E-state index contributed by atoms with van der Waals surface area (Å²) in [5.74, 6) is 0.263. The molecule has 2 heterocycles. The zero-order valence-electron chi connectivity index (χ0n) is 13.2. The predicted octanol–water partition coefficient (Wildman–Crippen LogP) is 2.42. The molecule has 6 heteroatoms. The molecule has 1 atom stereocenters. The Labute approximate surface area is 130 Å².